The largest absolute Gasteiger partial charge is 0.435 e. The van der Waals surface area contributed by atoms with Crippen LogP contribution in [-0.2, 0) is 6.18 Å². The molecule has 1 amide bonds. The van der Waals surface area contributed by atoms with Crippen LogP contribution in [0.25, 0.3) is 0 Å². The highest BCUT2D eigenvalue weighted by molar-refractivity contribution is 7.16. The van der Waals surface area contributed by atoms with Crippen molar-refractivity contribution in [2.75, 3.05) is 5.32 Å². The number of nitrogens with zero attached hydrogens (tertiary/aromatic N) is 2. The van der Waals surface area contributed by atoms with E-state index in [1.54, 1.807) is 11.4 Å². The summed E-state index contributed by atoms with van der Waals surface area (Å²) in [5.41, 5.74) is -1.28. The highest BCUT2D eigenvalue weighted by Gasteiger charge is 2.38. The third-order valence-electron chi connectivity index (χ3n) is 1.96. The van der Waals surface area contributed by atoms with Crippen molar-refractivity contribution in [2.45, 2.75) is 6.18 Å². The maximum absolute atomic E-state index is 12.5. The van der Waals surface area contributed by atoms with Gasteiger partial charge in [0.05, 0.1) is 4.88 Å². The highest BCUT2D eigenvalue weighted by atomic mass is 32.1. The number of amides is 1. The Labute approximate surface area is 113 Å². The fourth-order valence-corrected chi connectivity index (χ4v) is 2.60. The molecule has 0 saturated heterocycles. The number of nitriles is 1. The van der Waals surface area contributed by atoms with Gasteiger partial charge in [-0.2, -0.15) is 18.4 Å². The fourth-order valence-electron chi connectivity index (χ4n) is 1.21. The average molecular weight is 303 g/mol. The third-order valence-corrected chi connectivity index (χ3v) is 3.71. The summed E-state index contributed by atoms with van der Waals surface area (Å²) in [4.78, 5) is 14.7. The van der Waals surface area contributed by atoms with Crippen molar-refractivity contribution in [2.24, 2.45) is 0 Å². The molecule has 0 aliphatic heterocycles. The second-order valence-corrected chi connectivity index (χ2v) is 5.18. The summed E-state index contributed by atoms with van der Waals surface area (Å²) in [7, 11) is 0. The summed E-state index contributed by atoms with van der Waals surface area (Å²) in [5.74, 6) is -0.554. The van der Waals surface area contributed by atoms with E-state index in [9.17, 15) is 18.0 Å². The van der Waals surface area contributed by atoms with Crippen molar-refractivity contribution in [3.8, 4) is 6.07 Å². The van der Waals surface area contributed by atoms with Gasteiger partial charge in [0, 0.05) is 0 Å². The first-order valence-electron chi connectivity index (χ1n) is 4.75. The van der Waals surface area contributed by atoms with Crippen LogP contribution in [0.15, 0.2) is 17.5 Å². The molecule has 2 aromatic rings. The van der Waals surface area contributed by atoms with Gasteiger partial charge >= 0.3 is 6.18 Å². The molecule has 0 aliphatic carbocycles. The zero-order valence-corrected chi connectivity index (χ0v) is 10.6. The number of carbonyl (C=O) groups excluding carboxylic acids is 1. The van der Waals surface area contributed by atoms with Crippen molar-refractivity contribution >= 4 is 33.7 Å². The lowest BCUT2D eigenvalue weighted by molar-refractivity contribution is -0.140. The smallest absolute Gasteiger partial charge is 0.297 e. The first-order valence-corrected chi connectivity index (χ1v) is 6.44. The van der Waals surface area contributed by atoms with Gasteiger partial charge in [0.2, 0.25) is 0 Å². The number of thiazole rings is 1. The van der Waals surface area contributed by atoms with Gasteiger partial charge in [0.1, 0.15) is 10.9 Å². The van der Waals surface area contributed by atoms with Crippen LogP contribution in [0.3, 0.4) is 0 Å². The Hall–Kier alpha value is -1.92. The summed E-state index contributed by atoms with van der Waals surface area (Å²) in [6, 6.07) is 4.59. The lowest BCUT2D eigenvalue weighted by Crippen LogP contribution is -2.11. The van der Waals surface area contributed by atoms with Gasteiger partial charge < -0.3 is 0 Å². The zero-order chi connectivity index (χ0) is 14.0. The molecule has 2 aromatic heterocycles. The molecule has 1 N–H and O–H groups in total. The van der Waals surface area contributed by atoms with Crippen LogP contribution < -0.4 is 5.32 Å². The van der Waals surface area contributed by atoms with Crippen molar-refractivity contribution in [1.29, 1.82) is 5.26 Å². The van der Waals surface area contributed by atoms with Crippen molar-refractivity contribution in [3.05, 3.63) is 33.0 Å². The molecule has 9 heteroatoms. The monoisotopic (exact) mass is 303 g/mol. The Morgan fingerprint density at radius 1 is 1.47 bits per heavy atom. The van der Waals surface area contributed by atoms with Crippen LogP contribution in [0.4, 0.5) is 18.3 Å². The van der Waals surface area contributed by atoms with Crippen LogP contribution in [0, 0.1) is 11.3 Å². The Bertz CT molecular complexity index is 640. The molecule has 0 radical (unpaired) electrons. The number of carbonyl (C=O) groups is 1. The van der Waals surface area contributed by atoms with Crippen LogP contribution in [0.5, 0.6) is 0 Å². The predicted octanol–water partition coefficient (Wildman–Crippen LogP) is 3.35. The summed E-state index contributed by atoms with van der Waals surface area (Å²) < 4.78 is 37.6. The van der Waals surface area contributed by atoms with Crippen LogP contribution >= 0.6 is 22.7 Å². The van der Waals surface area contributed by atoms with E-state index in [1.807, 2.05) is 0 Å². The van der Waals surface area contributed by atoms with Gasteiger partial charge in [-0.05, 0) is 11.4 Å². The van der Waals surface area contributed by atoms with Gasteiger partial charge in [0.25, 0.3) is 5.91 Å². The van der Waals surface area contributed by atoms with Gasteiger partial charge in [-0.1, -0.05) is 17.4 Å². The molecule has 2 heterocycles. The highest BCUT2D eigenvalue weighted by Crippen LogP contribution is 2.35. The molecular formula is C10H4F3N3OS2. The summed E-state index contributed by atoms with van der Waals surface area (Å²) in [5, 5.41) is 12.3. The molecule has 0 fully saturated rings. The van der Waals surface area contributed by atoms with E-state index in [1.165, 1.54) is 12.1 Å². The van der Waals surface area contributed by atoms with Crippen LogP contribution in [0.1, 0.15) is 20.2 Å². The summed E-state index contributed by atoms with van der Waals surface area (Å²) in [6.45, 7) is 0. The fraction of sp³-hybridized carbons (Fsp3) is 0.100. The topological polar surface area (TPSA) is 65.8 Å². The zero-order valence-electron chi connectivity index (χ0n) is 8.99. The molecule has 98 valence electrons. The van der Waals surface area contributed by atoms with Crippen molar-refractivity contribution in [1.82, 2.24) is 4.98 Å². The number of hydrogen-bond donors (Lipinski definition) is 1. The van der Waals surface area contributed by atoms with E-state index in [4.69, 9.17) is 5.26 Å². The Morgan fingerprint density at radius 2 is 2.21 bits per heavy atom. The Kier molecular flexibility index (Phi) is 3.55. The molecule has 0 saturated carbocycles. The maximum Gasteiger partial charge on any atom is 0.435 e. The maximum atomic E-state index is 12.5. The average Bonchev–Trinajstić information content (AvgIpc) is 2.96. The number of hydrogen-bond acceptors (Lipinski definition) is 5. The first-order chi connectivity index (χ1) is 8.91. The Balaban J connectivity index is 2.26. The number of halogens is 3. The number of alkyl halides is 3. The number of aromatic nitrogens is 1. The normalized spacial score (nSPS) is 11.1. The molecule has 19 heavy (non-hydrogen) atoms. The summed E-state index contributed by atoms with van der Waals surface area (Å²) in [6.07, 6.45) is -4.71. The van der Waals surface area contributed by atoms with Crippen molar-refractivity contribution in [3.63, 3.8) is 0 Å². The van der Waals surface area contributed by atoms with Gasteiger partial charge in [-0.25, -0.2) is 4.98 Å². The number of rotatable bonds is 2. The quantitative estimate of drug-likeness (QED) is 0.925. The number of nitrogens with one attached hydrogen (secondary N) is 1. The molecule has 2 rings (SSSR count). The van der Waals surface area contributed by atoms with Gasteiger partial charge in [-0.15, -0.1) is 11.3 Å². The van der Waals surface area contributed by atoms with E-state index in [-0.39, 0.29) is 5.13 Å². The van der Waals surface area contributed by atoms with Crippen LogP contribution in [0.2, 0.25) is 0 Å². The minimum Gasteiger partial charge on any atom is -0.297 e. The van der Waals surface area contributed by atoms with Gasteiger partial charge in [0.15, 0.2) is 10.8 Å². The Morgan fingerprint density at radius 3 is 2.68 bits per heavy atom. The van der Waals surface area contributed by atoms with E-state index in [0.717, 1.165) is 11.3 Å². The van der Waals surface area contributed by atoms with Crippen molar-refractivity contribution < 1.29 is 18.0 Å². The molecule has 0 atom stereocenters. The van der Waals surface area contributed by atoms with Crippen LogP contribution in [-0.4, -0.2) is 10.9 Å². The minimum atomic E-state index is -4.71. The predicted molar refractivity (Wildman–Crippen MR) is 64.1 cm³/mol. The molecule has 0 aromatic carbocycles. The van der Waals surface area contributed by atoms with E-state index >= 15 is 0 Å². The molecule has 0 spiro atoms. The molecule has 0 aliphatic rings. The molecule has 0 bridgehead atoms. The number of thiophene rings is 1. The second-order valence-electron chi connectivity index (χ2n) is 3.24. The lowest BCUT2D eigenvalue weighted by Gasteiger charge is -2.01. The minimum absolute atomic E-state index is 0.248. The van der Waals surface area contributed by atoms with Gasteiger partial charge in [-0.3, -0.25) is 10.1 Å². The molecule has 0 unspecified atom stereocenters. The summed E-state index contributed by atoms with van der Waals surface area (Å²) >= 11 is 1.64. The second kappa shape index (κ2) is 4.99. The standard InChI is InChI=1S/C10H4F3N3OS2/c11-10(12,13)7-6(4-14)19-9(15-7)16-8(17)5-2-1-3-18-5/h1-3H,(H,15,16,17). The lowest BCUT2D eigenvalue weighted by atomic mass is 10.4. The van der Waals surface area contributed by atoms with E-state index < -0.39 is 22.7 Å². The first kappa shape index (κ1) is 13.5. The van der Waals surface area contributed by atoms with E-state index in [0.29, 0.717) is 16.2 Å². The SMILES string of the molecule is N#Cc1sc(NC(=O)c2cccs2)nc1C(F)(F)F. The molecule has 4 nitrogen and oxygen atoms in total. The number of anilines is 1. The molecular weight excluding hydrogens is 299 g/mol. The third kappa shape index (κ3) is 2.91. The van der Waals surface area contributed by atoms with E-state index in [2.05, 4.69) is 10.3 Å².